The molecule has 0 radical (unpaired) electrons. The van der Waals surface area contributed by atoms with Crippen molar-refractivity contribution in [2.45, 2.75) is 33.6 Å². The first-order valence-electron chi connectivity index (χ1n) is 5.16. The van der Waals surface area contributed by atoms with Gasteiger partial charge in [0.15, 0.2) is 0 Å². The summed E-state index contributed by atoms with van der Waals surface area (Å²) in [7, 11) is 0. The molecule has 0 amide bonds. The standard InChI is InChI=1S/C11H17ClN2O/c1-7(2)6-15-10-5-9(12)13-11(14-10)8(3)4/h5,7-8H,6H2,1-4H3. The lowest BCUT2D eigenvalue weighted by molar-refractivity contribution is 0.260. The number of hydrogen-bond acceptors (Lipinski definition) is 3. The molecule has 0 aromatic carbocycles. The first-order valence-corrected chi connectivity index (χ1v) is 5.54. The molecule has 0 aliphatic carbocycles. The number of halogens is 1. The quantitative estimate of drug-likeness (QED) is 0.742. The molecule has 4 heteroatoms. The van der Waals surface area contributed by atoms with Crippen LogP contribution >= 0.6 is 11.6 Å². The minimum absolute atomic E-state index is 0.255. The first kappa shape index (κ1) is 12.2. The zero-order valence-corrected chi connectivity index (χ0v) is 10.4. The van der Waals surface area contributed by atoms with Crippen molar-refractivity contribution in [3.8, 4) is 5.88 Å². The molecular weight excluding hydrogens is 212 g/mol. The molecular formula is C11H17ClN2O. The van der Waals surface area contributed by atoms with Gasteiger partial charge in [-0.05, 0) is 5.92 Å². The van der Waals surface area contributed by atoms with Crippen LogP contribution in [0.15, 0.2) is 6.07 Å². The van der Waals surface area contributed by atoms with Crippen molar-refractivity contribution in [2.75, 3.05) is 6.61 Å². The fraction of sp³-hybridized carbons (Fsp3) is 0.636. The summed E-state index contributed by atoms with van der Waals surface area (Å²) >= 11 is 5.88. The SMILES string of the molecule is CC(C)COc1cc(Cl)nc(C(C)C)n1. The van der Waals surface area contributed by atoms with Crippen molar-refractivity contribution < 1.29 is 4.74 Å². The molecule has 0 atom stereocenters. The van der Waals surface area contributed by atoms with Crippen molar-refractivity contribution in [3.05, 3.63) is 17.0 Å². The summed E-state index contributed by atoms with van der Waals surface area (Å²) in [5.41, 5.74) is 0. The van der Waals surface area contributed by atoms with Crippen LogP contribution in [0.4, 0.5) is 0 Å². The van der Waals surface area contributed by atoms with Gasteiger partial charge in [-0.2, -0.15) is 4.98 Å². The van der Waals surface area contributed by atoms with Crippen LogP contribution in [0.2, 0.25) is 5.15 Å². The number of rotatable bonds is 4. The highest BCUT2D eigenvalue weighted by atomic mass is 35.5. The molecule has 1 aromatic rings. The number of hydrogen-bond donors (Lipinski definition) is 0. The Balaban J connectivity index is 2.79. The lowest BCUT2D eigenvalue weighted by atomic mass is 10.2. The van der Waals surface area contributed by atoms with Crippen LogP contribution < -0.4 is 4.74 Å². The van der Waals surface area contributed by atoms with Crippen LogP contribution in [0.25, 0.3) is 0 Å². The van der Waals surface area contributed by atoms with Crippen LogP contribution in [0.1, 0.15) is 39.4 Å². The van der Waals surface area contributed by atoms with Crippen LogP contribution in [0.5, 0.6) is 5.88 Å². The Morgan fingerprint density at radius 3 is 2.47 bits per heavy atom. The van der Waals surface area contributed by atoms with Gasteiger partial charge in [0.05, 0.1) is 6.61 Å². The maximum absolute atomic E-state index is 5.88. The molecule has 0 saturated carbocycles. The Kier molecular flexibility index (Phi) is 4.33. The molecule has 0 aliphatic heterocycles. The molecule has 15 heavy (non-hydrogen) atoms. The topological polar surface area (TPSA) is 35.0 Å². The van der Waals surface area contributed by atoms with Gasteiger partial charge in [-0.15, -0.1) is 0 Å². The molecule has 1 heterocycles. The molecule has 0 N–H and O–H groups in total. The molecule has 1 aromatic heterocycles. The maximum Gasteiger partial charge on any atom is 0.218 e. The van der Waals surface area contributed by atoms with Gasteiger partial charge in [-0.3, -0.25) is 0 Å². The average molecular weight is 229 g/mol. The van der Waals surface area contributed by atoms with Crippen LogP contribution in [0.3, 0.4) is 0 Å². The number of nitrogens with zero attached hydrogens (tertiary/aromatic N) is 2. The molecule has 3 nitrogen and oxygen atoms in total. The average Bonchev–Trinajstić information content (AvgIpc) is 2.13. The second-order valence-electron chi connectivity index (χ2n) is 4.25. The largest absolute Gasteiger partial charge is 0.477 e. The number of ether oxygens (including phenoxy) is 1. The van der Waals surface area contributed by atoms with Crippen molar-refractivity contribution >= 4 is 11.6 Å². The Morgan fingerprint density at radius 2 is 1.93 bits per heavy atom. The predicted octanol–water partition coefficient (Wildman–Crippen LogP) is 3.29. The summed E-state index contributed by atoms with van der Waals surface area (Å²) in [5.74, 6) is 2.01. The lowest BCUT2D eigenvalue weighted by Crippen LogP contribution is -2.07. The van der Waals surface area contributed by atoms with Crippen LogP contribution in [-0.2, 0) is 0 Å². The zero-order valence-electron chi connectivity index (χ0n) is 9.62. The molecule has 1 rings (SSSR count). The first-order chi connectivity index (χ1) is 6.99. The van der Waals surface area contributed by atoms with Gasteiger partial charge in [0.1, 0.15) is 11.0 Å². The summed E-state index contributed by atoms with van der Waals surface area (Å²) in [4.78, 5) is 8.42. The van der Waals surface area contributed by atoms with Crippen LogP contribution in [0, 0.1) is 5.92 Å². The Hall–Kier alpha value is -0.830. The van der Waals surface area contributed by atoms with E-state index in [1.54, 1.807) is 6.07 Å². The minimum atomic E-state index is 0.255. The molecule has 0 fully saturated rings. The van der Waals surface area contributed by atoms with Gasteiger partial charge >= 0.3 is 0 Å². The molecule has 0 unspecified atom stereocenters. The van der Waals surface area contributed by atoms with Crippen molar-refractivity contribution in [3.63, 3.8) is 0 Å². The van der Waals surface area contributed by atoms with Gasteiger partial charge in [0, 0.05) is 12.0 Å². The van der Waals surface area contributed by atoms with E-state index in [2.05, 4.69) is 23.8 Å². The third-order valence-corrected chi connectivity index (χ3v) is 1.96. The second kappa shape index (κ2) is 5.31. The van der Waals surface area contributed by atoms with Gasteiger partial charge in [-0.1, -0.05) is 39.3 Å². The van der Waals surface area contributed by atoms with Crippen molar-refractivity contribution in [1.82, 2.24) is 9.97 Å². The van der Waals surface area contributed by atoms with E-state index in [1.165, 1.54) is 0 Å². The monoisotopic (exact) mass is 228 g/mol. The smallest absolute Gasteiger partial charge is 0.218 e. The van der Waals surface area contributed by atoms with E-state index in [4.69, 9.17) is 16.3 Å². The summed E-state index contributed by atoms with van der Waals surface area (Å²) in [6.07, 6.45) is 0. The van der Waals surface area contributed by atoms with Gasteiger partial charge in [0.2, 0.25) is 5.88 Å². The highest BCUT2D eigenvalue weighted by Crippen LogP contribution is 2.18. The summed E-state index contributed by atoms with van der Waals surface area (Å²) in [6.45, 7) is 8.87. The van der Waals surface area contributed by atoms with E-state index in [1.807, 2.05) is 13.8 Å². The lowest BCUT2D eigenvalue weighted by Gasteiger charge is -2.10. The van der Waals surface area contributed by atoms with Gasteiger partial charge < -0.3 is 4.74 Å². The minimum Gasteiger partial charge on any atom is -0.477 e. The number of aromatic nitrogens is 2. The molecule has 0 aliphatic rings. The zero-order chi connectivity index (χ0) is 11.4. The van der Waals surface area contributed by atoms with Crippen molar-refractivity contribution in [2.24, 2.45) is 5.92 Å². The van der Waals surface area contributed by atoms with Crippen molar-refractivity contribution in [1.29, 1.82) is 0 Å². The van der Waals surface area contributed by atoms with E-state index in [0.717, 1.165) is 5.82 Å². The highest BCUT2D eigenvalue weighted by molar-refractivity contribution is 6.29. The third kappa shape index (κ3) is 4.04. The van der Waals surface area contributed by atoms with E-state index in [0.29, 0.717) is 23.6 Å². The Morgan fingerprint density at radius 1 is 1.27 bits per heavy atom. The summed E-state index contributed by atoms with van der Waals surface area (Å²) in [5, 5.41) is 0.437. The second-order valence-corrected chi connectivity index (χ2v) is 4.63. The van der Waals surface area contributed by atoms with Crippen LogP contribution in [-0.4, -0.2) is 16.6 Å². The maximum atomic E-state index is 5.88. The molecule has 0 saturated heterocycles. The Bertz CT molecular complexity index is 326. The van der Waals surface area contributed by atoms with Gasteiger partial charge in [0.25, 0.3) is 0 Å². The predicted molar refractivity (Wildman–Crippen MR) is 61.5 cm³/mol. The van der Waals surface area contributed by atoms with E-state index in [-0.39, 0.29) is 5.92 Å². The van der Waals surface area contributed by atoms with Gasteiger partial charge in [-0.25, -0.2) is 4.98 Å². The third-order valence-electron chi connectivity index (χ3n) is 1.77. The van der Waals surface area contributed by atoms with E-state index < -0.39 is 0 Å². The summed E-state index contributed by atoms with van der Waals surface area (Å²) in [6, 6.07) is 1.65. The van der Waals surface area contributed by atoms with E-state index >= 15 is 0 Å². The fourth-order valence-corrected chi connectivity index (χ4v) is 1.18. The summed E-state index contributed by atoms with van der Waals surface area (Å²) < 4.78 is 5.50. The fourth-order valence-electron chi connectivity index (χ4n) is 0.998. The normalized spacial score (nSPS) is 11.1. The molecule has 0 bridgehead atoms. The highest BCUT2D eigenvalue weighted by Gasteiger charge is 2.08. The molecule has 0 spiro atoms. The Labute approximate surface area is 95.8 Å². The molecule has 84 valence electrons. The van der Waals surface area contributed by atoms with E-state index in [9.17, 15) is 0 Å².